The fourth-order valence-electron chi connectivity index (χ4n) is 1.55. The van der Waals surface area contributed by atoms with Crippen LogP contribution in [-0.4, -0.2) is 18.1 Å². The van der Waals surface area contributed by atoms with Gasteiger partial charge in [-0.25, -0.2) is 0 Å². The van der Waals surface area contributed by atoms with E-state index < -0.39 is 0 Å². The van der Waals surface area contributed by atoms with E-state index in [-0.39, 0.29) is 6.10 Å². The Morgan fingerprint density at radius 2 is 2.36 bits per heavy atom. The van der Waals surface area contributed by atoms with E-state index in [2.05, 4.69) is 5.16 Å². The molecule has 3 heteroatoms. The average molecular weight is 153 g/mol. The summed E-state index contributed by atoms with van der Waals surface area (Å²) in [5.74, 6) is 0.663. The maximum absolute atomic E-state index is 10.3. The zero-order valence-electron chi connectivity index (χ0n) is 6.32. The summed E-state index contributed by atoms with van der Waals surface area (Å²) >= 11 is 0. The zero-order valence-corrected chi connectivity index (χ0v) is 6.32. The van der Waals surface area contributed by atoms with Crippen LogP contribution in [0.4, 0.5) is 0 Å². The van der Waals surface area contributed by atoms with Crippen molar-refractivity contribution in [2.24, 2.45) is 11.1 Å². The van der Waals surface area contributed by atoms with Gasteiger partial charge in [-0.3, -0.25) is 4.79 Å². The van der Waals surface area contributed by atoms with Gasteiger partial charge in [0.05, 0.1) is 0 Å². The second kappa shape index (κ2) is 2.64. The summed E-state index contributed by atoms with van der Waals surface area (Å²) in [5.41, 5.74) is 0.571. The van der Waals surface area contributed by atoms with Crippen LogP contribution in [0, 0.1) is 5.92 Å². The van der Waals surface area contributed by atoms with Gasteiger partial charge in [0.2, 0.25) is 0 Å². The van der Waals surface area contributed by atoms with Gasteiger partial charge in [0.15, 0.2) is 6.29 Å². The molecule has 0 aromatic rings. The molecule has 2 rings (SSSR count). The van der Waals surface area contributed by atoms with Gasteiger partial charge < -0.3 is 4.84 Å². The summed E-state index contributed by atoms with van der Waals surface area (Å²) < 4.78 is 0. The Labute approximate surface area is 65.4 Å². The number of carbonyl (C=O) groups excluding carboxylic acids is 1. The van der Waals surface area contributed by atoms with Crippen LogP contribution in [0.3, 0.4) is 0 Å². The Hall–Kier alpha value is -0.860. The van der Waals surface area contributed by atoms with Gasteiger partial charge in [-0.1, -0.05) is 11.6 Å². The molecule has 1 aliphatic heterocycles. The van der Waals surface area contributed by atoms with Crippen LogP contribution in [0.2, 0.25) is 0 Å². The standard InChI is InChI=1S/C8H11NO2/c10-5-7-4-8(11-9-7)6-2-1-3-6/h5-6,8H,1-4H2. The Morgan fingerprint density at radius 3 is 2.82 bits per heavy atom. The molecule has 0 aromatic heterocycles. The highest BCUT2D eigenvalue weighted by Gasteiger charge is 2.33. The van der Waals surface area contributed by atoms with Crippen molar-refractivity contribution in [2.75, 3.05) is 0 Å². The lowest BCUT2D eigenvalue weighted by Gasteiger charge is -2.28. The minimum absolute atomic E-state index is 0.212. The van der Waals surface area contributed by atoms with Crippen molar-refractivity contribution in [2.45, 2.75) is 31.8 Å². The lowest BCUT2D eigenvalue weighted by Crippen LogP contribution is -2.26. The normalized spacial score (nSPS) is 30.5. The molecule has 0 aromatic carbocycles. The van der Waals surface area contributed by atoms with Crippen molar-refractivity contribution in [3.63, 3.8) is 0 Å². The third kappa shape index (κ3) is 1.15. The zero-order chi connectivity index (χ0) is 7.68. The topological polar surface area (TPSA) is 38.7 Å². The highest BCUT2D eigenvalue weighted by atomic mass is 16.6. The molecule has 60 valence electrons. The number of oxime groups is 1. The van der Waals surface area contributed by atoms with E-state index in [1.165, 1.54) is 19.3 Å². The number of hydrogen-bond donors (Lipinski definition) is 0. The van der Waals surface area contributed by atoms with Crippen molar-refractivity contribution >= 4 is 12.0 Å². The summed E-state index contributed by atoms with van der Waals surface area (Å²) in [7, 11) is 0. The van der Waals surface area contributed by atoms with E-state index in [1.54, 1.807) is 0 Å². The quantitative estimate of drug-likeness (QED) is 0.558. The lowest BCUT2D eigenvalue weighted by atomic mass is 9.80. The molecule has 1 unspecified atom stereocenters. The number of carbonyl (C=O) groups is 1. The number of aldehydes is 1. The summed E-state index contributed by atoms with van der Waals surface area (Å²) in [4.78, 5) is 15.4. The summed E-state index contributed by atoms with van der Waals surface area (Å²) in [6, 6.07) is 0. The van der Waals surface area contributed by atoms with Crippen molar-refractivity contribution < 1.29 is 9.63 Å². The molecule has 1 saturated carbocycles. The van der Waals surface area contributed by atoms with Crippen molar-refractivity contribution in [3.05, 3.63) is 0 Å². The highest BCUT2D eigenvalue weighted by Crippen LogP contribution is 2.34. The molecule has 0 saturated heterocycles. The average Bonchev–Trinajstić information content (AvgIpc) is 2.32. The van der Waals surface area contributed by atoms with Gasteiger partial charge in [-0.15, -0.1) is 0 Å². The Balaban J connectivity index is 1.87. The smallest absolute Gasteiger partial charge is 0.167 e. The van der Waals surface area contributed by atoms with Crippen molar-refractivity contribution in [1.29, 1.82) is 0 Å². The number of hydrogen-bond acceptors (Lipinski definition) is 3. The first-order valence-electron chi connectivity index (χ1n) is 4.08. The van der Waals surface area contributed by atoms with E-state index in [4.69, 9.17) is 4.84 Å². The van der Waals surface area contributed by atoms with Gasteiger partial charge in [-0.05, 0) is 18.8 Å². The summed E-state index contributed by atoms with van der Waals surface area (Å²) in [5, 5.41) is 3.69. The summed E-state index contributed by atoms with van der Waals surface area (Å²) in [6.45, 7) is 0. The van der Waals surface area contributed by atoms with Gasteiger partial charge in [-0.2, -0.15) is 0 Å². The van der Waals surface area contributed by atoms with Crippen LogP contribution in [0.15, 0.2) is 5.16 Å². The predicted octanol–water partition coefficient (Wildman–Crippen LogP) is 1.13. The molecule has 1 atom stereocenters. The van der Waals surface area contributed by atoms with E-state index in [1.807, 2.05) is 0 Å². The van der Waals surface area contributed by atoms with Crippen molar-refractivity contribution in [3.8, 4) is 0 Å². The maximum Gasteiger partial charge on any atom is 0.167 e. The number of rotatable bonds is 2. The monoisotopic (exact) mass is 153 g/mol. The highest BCUT2D eigenvalue weighted by molar-refractivity contribution is 6.28. The van der Waals surface area contributed by atoms with Crippen LogP contribution >= 0.6 is 0 Å². The maximum atomic E-state index is 10.3. The molecular weight excluding hydrogens is 142 g/mol. The van der Waals surface area contributed by atoms with Crippen LogP contribution in [0.1, 0.15) is 25.7 Å². The van der Waals surface area contributed by atoms with E-state index >= 15 is 0 Å². The Bertz CT molecular complexity index is 196. The van der Waals surface area contributed by atoms with Crippen molar-refractivity contribution in [1.82, 2.24) is 0 Å². The van der Waals surface area contributed by atoms with E-state index in [9.17, 15) is 4.79 Å². The molecule has 11 heavy (non-hydrogen) atoms. The first kappa shape index (κ1) is 6.83. The molecule has 0 N–H and O–H groups in total. The molecule has 0 bridgehead atoms. The van der Waals surface area contributed by atoms with Gasteiger partial charge >= 0.3 is 0 Å². The first-order chi connectivity index (χ1) is 5.40. The van der Waals surface area contributed by atoms with Gasteiger partial charge in [0, 0.05) is 6.42 Å². The fraction of sp³-hybridized carbons (Fsp3) is 0.750. The minimum atomic E-state index is 0.212. The van der Waals surface area contributed by atoms with E-state index in [0.717, 1.165) is 12.7 Å². The minimum Gasteiger partial charge on any atom is -0.391 e. The molecule has 3 nitrogen and oxygen atoms in total. The molecule has 0 amide bonds. The SMILES string of the molecule is O=CC1=NOC(C2CCC2)C1. The largest absolute Gasteiger partial charge is 0.391 e. The van der Waals surface area contributed by atoms with Crippen LogP contribution < -0.4 is 0 Å². The Kier molecular flexibility index (Phi) is 1.64. The van der Waals surface area contributed by atoms with Gasteiger partial charge in [0.25, 0.3) is 0 Å². The molecule has 0 spiro atoms. The van der Waals surface area contributed by atoms with Crippen LogP contribution in [0.25, 0.3) is 0 Å². The summed E-state index contributed by atoms with van der Waals surface area (Å²) in [6.07, 6.45) is 5.52. The first-order valence-corrected chi connectivity index (χ1v) is 4.08. The molecule has 0 radical (unpaired) electrons. The fourth-order valence-corrected chi connectivity index (χ4v) is 1.55. The third-order valence-electron chi connectivity index (χ3n) is 2.53. The van der Waals surface area contributed by atoms with Crippen LogP contribution in [-0.2, 0) is 9.63 Å². The second-order valence-electron chi connectivity index (χ2n) is 3.24. The third-order valence-corrected chi connectivity index (χ3v) is 2.53. The molecule has 1 fully saturated rings. The molecule has 2 aliphatic rings. The Morgan fingerprint density at radius 1 is 1.55 bits per heavy atom. The van der Waals surface area contributed by atoms with E-state index in [0.29, 0.717) is 11.6 Å². The van der Waals surface area contributed by atoms with Crippen LogP contribution in [0.5, 0.6) is 0 Å². The molecule has 1 aliphatic carbocycles. The second-order valence-corrected chi connectivity index (χ2v) is 3.24. The predicted molar refractivity (Wildman–Crippen MR) is 40.3 cm³/mol. The molecule has 1 heterocycles. The lowest BCUT2D eigenvalue weighted by molar-refractivity contribution is -0.102. The molecular formula is C8H11NO2. The number of nitrogens with zero attached hydrogens (tertiary/aromatic N) is 1. The van der Waals surface area contributed by atoms with Gasteiger partial charge in [0.1, 0.15) is 11.8 Å².